The van der Waals surface area contributed by atoms with Gasteiger partial charge in [-0.15, -0.1) is 0 Å². The maximum Gasteiger partial charge on any atom is 0.279 e. The van der Waals surface area contributed by atoms with Gasteiger partial charge in [-0.25, -0.2) is 0 Å². The Morgan fingerprint density at radius 1 is 1.32 bits per heavy atom. The van der Waals surface area contributed by atoms with E-state index in [2.05, 4.69) is 5.32 Å². The number of benzene rings is 1. The van der Waals surface area contributed by atoms with Crippen molar-refractivity contribution in [2.24, 2.45) is 11.7 Å². The Labute approximate surface area is 130 Å². The topological polar surface area (TPSA) is 85.9 Å². The van der Waals surface area contributed by atoms with Gasteiger partial charge in [-0.2, -0.15) is 0 Å². The molecule has 1 aliphatic heterocycles. The first-order valence-corrected chi connectivity index (χ1v) is 7.74. The van der Waals surface area contributed by atoms with Crippen molar-refractivity contribution in [3.05, 3.63) is 24.3 Å². The summed E-state index contributed by atoms with van der Waals surface area (Å²) in [7, 11) is 0. The van der Waals surface area contributed by atoms with Crippen LogP contribution in [0.4, 0.5) is 5.69 Å². The van der Waals surface area contributed by atoms with Gasteiger partial charge >= 0.3 is 0 Å². The van der Waals surface area contributed by atoms with E-state index in [4.69, 9.17) is 10.5 Å². The molecule has 0 saturated carbocycles. The van der Waals surface area contributed by atoms with Crippen LogP contribution in [0.15, 0.2) is 24.3 Å². The molecule has 6 nitrogen and oxygen atoms in total. The summed E-state index contributed by atoms with van der Waals surface area (Å²) in [5.41, 5.74) is 6.01. The first-order valence-electron chi connectivity index (χ1n) is 7.74. The number of nitrogens with one attached hydrogen (secondary N) is 2. The number of anilines is 1. The molecule has 0 spiro atoms. The number of rotatable bonds is 6. The van der Waals surface area contributed by atoms with Crippen LogP contribution in [0.2, 0.25) is 0 Å². The van der Waals surface area contributed by atoms with Gasteiger partial charge in [0.25, 0.3) is 5.91 Å². The van der Waals surface area contributed by atoms with Gasteiger partial charge in [-0.05, 0) is 19.1 Å². The molecule has 0 atom stereocenters. The number of nitrogens with two attached hydrogens (primary N) is 1. The molecule has 1 aromatic carbocycles. The molecule has 1 aliphatic rings. The van der Waals surface area contributed by atoms with Crippen molar-refractivity contribution < 1.29 is 19.2 Å². The molecule has 0 aromatic heterocycles. The van der Waals surface area contributed by atoms with Gasteiger partial charge in [-0.1, -0.05) is 12.1 Å². The van der Waals surface area contributed by atoms with Crippen molar-refractivity contribution in [3.63, 3.8) is 0 Å². The number of likely N-dealkylation sites (tertiary alicyclic amines) is 1. The highest BCUT2D eigenvalue weighted by molar-refractivity contribution is 5.92. The zero-order valence-electron chi connectivity index (χ0n) is 12.9. The van der Waals surface area contributed by atoms with Gasteiger partial charge < -0.3 is 20.7 Å². The Morgan fingerprint density at radius 2 is 2.00 bits per heavy atom. The van der Waals surface area contributed by atoms with Crippen LogP contribution in [-0.2, 0) is 9.59 Å². The van der Waals surface area contributed by atoms with E-state index in [1.165, 1.54) is 4.90 Å². The molecule has 6 heteroatoms. The second kappa shape index (κ2) is 7.79. The van der Waals surface area contributed by atoms with E-state index in [1.54, 1.807) is 0 Å². The molecule has 1 fully saturated rings. The molecule has 2 rings (SSSR count). The van der Waals surface area contributed by atoms with Gasteiger partial charge in [-0.3, -0.25) is 9.59 Å². The summed E-state index contributed by atoms with van der Waals surface area (Å²) < 4.78 is 5.50. The first-order chi connectivity index (χ1) is 10.6. The molecule has 1 aromatic rings. The average molecular weight is 306 g/mol. The van der Waals surface area contributed by atoms with E-state index in [1.807, 2.05) is 31.2 Å². The Hall–Kier alpha value is -2.08. The molecule has 120 valence electrons. The van der Waals surface area contributed by atoms with Crippen LogP contribution in [0.5, 0.6) is 5.75 Å². The molecular formula is C16H24N3O3+. The Balaban J connectivity index is 1.85. The lowest BCUT2D eigenvalue weighted by Gasteiger charge is -2.27. The molecular weight excluding hydrogens is 282 g/mol. The van der Waals surface area contributed by atoms with Crippen molar-refractivity contribution in [1.82, 2.24) is 0 Å². The molecule has 0 unspecified atom stereocenters. The van der Waals surface area contributed by atoms with Gasteiger partial charge in [0.15, 0.2) is 6.54 Å². The fourth-order valence-corrected chi connectivity index (χ4v) is 2.76. The number of hydrogen-bond donors (Lipinski definition) is 3. The lowest BCUT2D eigenvalue weighted by Crippen LogP contribution is -3.14. The Morgan fingerprint density at radius 3 is 2.64 bits per heavy atom. The zero-order chi connectivity index (χ0) is 15.9. The Kier molecular flexibility index (Phi) is 5.77. The largest absolute Gasteiger partial charge is 0.492 e. The fraction of sp³-hybridized carbons (Fsp3) is 0.500. The lowest BCUT2D eigenvalue weighted by molar-refractivity contribution is -0.897. The summed E-state index contributed by atoms with van der Waals surface area (Å²) in [6, 6.07) is 7.41. The van der Waals surface area contributed by atoms with Crippen LogP contribution in [0.1, 0.15) is 19.8 Å². The van der Waals surface area contributed by atoms with Gasteiger partial charge in [0.05, 0.1) is 25.4 Å². The van der Waals surface area contributed by atoms with E-state index in [-0.39, 0.29) is 17.7 Å². The molecule has 2 amide bonds. The molecule has 1 heterocycles. The SMILES string of the molecule is CCOc1ccccc1NC(=O)C[NH+]1CCC(C(N)=O)CC1. The van der Waals surface area contributed by atoms with Gasteiger partial charge in [0.2, 0.25) is 5.91 Å². The standard InChI is InChI=1S/C16H23N3O3/c1-2-22-14-6-4-3-5-13(14)18-15(20)11-19-9-7-12(8-10-19)16(17)21/h3-6,12H,2,7-11H2,1H3,(H2,17,21)(H,18,20)/p+1. The number of amides is 2. The van der Waals surface area contributed by atoms with Crippen molar-refractivity contribution in [1.29, 1.82) is 0 Å². The summed E-state index contributed by atoms with van der Waals surface area (Å²) in [4.78, 5) is 24.5. The van der Waals surface area contributed by atoms with Crippen LogP contribution in [0.3, 0.4) is 0 Å². The summed E-state index contributed by atoms with van der Waals surface area (Å²) in [5.74, 6) is 0.375. The third kappa shape index (κ3) is 4.46. The van der Waals surface area contributed by atoms with Crippen LogP contribution in [0.25, 0.3) is 0 Å². The van der Waals surface area contributed by atoms with Gasteiger partial charge in [0, 0.05) is 18.8 Å². The van der Waals surface area contributed by atoms with Crippen molar-refractivity contribution >= 4 is 17.5 Å². The van der Waals surface area contributed by atoms with Crippen LogP contribution < -0.4 is 20.7 Å². The molecule has 22 heavy (non-hydrogen) atoms. The summed E-state index contributed by atoms with van der Waals surface area (Å²) in [6.07, 6.45) is 1.51. The third-order valence-electron chi connectivity index (χ3n) is 3.97. The summed E-state index contributed by atoms with van der Waals surface area (Å²) >= 11 is 0. The van der Waals surface area contributed by atoms with Crippen LogP contribution >= 0.6 is 0 Å². The normalized spacial score (nSPS) is 21.1. The molecule has 0 radical (unpaired) electrons. The number of carbonyl (C=O) groups is 2. The molecule has 4 N–H and O–H groups in total. The van der Waals surface area contributed by atoms with E-state index >= 15 is 0 Å². The fourth-order valence-electron chi connectivity index (χ4n) is 2.76. The second-order valence-electron chi connectivity index (χ2n) is 5.58. The zero-order valence-corrected chi connectivity index (χ0v) is 12.9. The number of hydrogen-bond acceptors (Lipinski definition) is 3. The minimum absolute atomic E-state index is 0.0366. The smallest absolute Gasteiger partial charge is 0.279 e. The highest BCUT2D eigenvalue weighted by atomic mass is 16.5. The van der Waals surface area contributed by atoms with E-state index in [9.17, 15) is 9.59 Å². The minimum atomic E-state index is -0.228. The highest BCUT2D eigenvalue weighted by Gasteiger charge is 2.27. The number of primary amides is 1. The lowest BCUT2D eigenvalue weighted by atomic mass is 9.96. The monoisotopic (exact) mass is 306 g/mol. The highest BCUT2D eigenvalue weighted by Crippen LogP contribution is 2.23. The summed E-state index contributed by atoms with van der Waals surface area (Å²) in [6.45, 7) is 4.46. The van der Waals surface area contributed by atoms with Crippen molar-refractivity contribution in [2.45, 2.75) is 19.8 Å². The molecule has 1 saturated heterocycles. The number of ether oxygens (including phenoxy) is 1. The average Bonchev–Trinajstić information content (AvgIpc) is 2.50. The van der Waals surface area contributed by atoms with Crippen molar-refractivity contribution in [2.75, 3.05) is 31.6 Å². The number of piperidine rings is 1. The third-order valence-corrected chi connectivity index (χ3v) is 3.97. The van der Waals surface area contributed by atoms with Crippen molar-refractivity contribution in [3.8, 4) is 5.75 Å². The predicted molar refractivity (Wildman–Crippen MR) is 83.7 cm³/mol. The minimum Gasteiger partial charge on any atom is -0.492 e. The predicted octanol–water partition coefficient (Wildman–Crippen LogP) is -0.196. The summed E-state index contributed by atoms with van der Waals surface area (Å²) in [5, 5.41) is 2.90. The quantitative estimate of drug-likeness (QED) is 0.680. The maximum atomic E-state index is 12.2. The van der Waals surface area contributed by atoms with Crippen LogP contribution in [0, 0.1) is 5.92 Å². The van der Waals surface area contributed by atoms with Crippen LogP contribution in [-0.4, -0.2) is 38.1 Å². The molecule has 0 aliphatic carbocycles. The van der Waals surface area contributed by atoms with E-state index < -0.39 is 0 Å². The Bertz CT molecular complexity index is 525. The number of para-hydroxylation sites is 2. The maximum absolute atomic E-state index is 12.2. The van der Waals surface area contributed by atoms with E-state index in [0.717, 1.165) is 25.9 Å². The number of quaternary nitrogens is 1. The number of carbonyl (C=O) groups excluding carboxylic acids is 2. The van der Waals surface area contributed by atoms with Gasteiger partial charge in [0.1, 0.15) is 5.75 Å². The second-order valence-corrected chi connectivity index (χ2v) is 5.58. The molecule has 0 bridgehead atoms. The first kappa shape index (κ1) is 16.3. The van der Waals surface area contributed by atoms with E-state index in [0.29, 0.717) is 24.6 Å².